The standard InChI is InChI=1S/C21H22N2O5/c1-2-13-8-15(25)11-23(13)21(27)6-3-12-7-17-20(10-18(12)26)28-19-9-14(24)4-5-16(19)22-17/h4-5,7,9-10,13,15,25-26H,2-3,6,8,11H2,1H3/t13-,15-/m1/s1. The first-order valence-electron chi connectivity index (χ1n) is 9.48. The highest BCUT2D eigenvalue weighted by atomic mass is 16.3. The van der Waals surface area contributed by atoms with Crippen LogP contribution in [0.15, 0.2) is 39.5 Å². The van der Waals surface area contributed by atoms with Gasteiger partial charge in [0, 0.05) is 31.1 Å². The molecule has 7 heteroatoms. The van der Waals surface area contributed by atoms with Gasteiger partial charge in [-0.25, -0.2) is 4.98 Å². The summed E-state index contributed by atoms with van der Waals surface area (Å²) in [6.45, 7) is 2.38. The summed E-state index contributed by atoms with van der Waals surface area (Å²) in [5.41, 5.74) is 1.91. The Morgan fingerprint density at radius 2 is 2.14 bits per heavy atom. The molecule has 28 heavy (non-hydrogen) atoms. The number of aromatic nitrogens is 1. The number of β-amino-alcohol motifs (C(OH)–C–C–N with tert-alkyl or cyclic N) is 1. The first-order valence-corrected chi connectivity index (χ1v) is 9.48. The van der Waals surface area contributed by atoms with E-state index in [1.54, 1.807) is 17.0 Å². The van der Waals surface area contributed by atoms with Crippen molar-refractivity contribution in [3.8, 4) is 17.2 Å². The Bertz CT molecular complexity index is 1060. The summed E-state index contributed by atoms with van der Waals surface area (Å²) in [5.74, 6) is 0.361. The second kappa shape index (κ2) is 7.24. The number of rotatable bonds is 4. The number of phenols is 1. The van der Waals surface area contributed by atoms with Crippen LogP contribution in [0.4, 0.5) is 0 Å². The number of amides is 1. The predicted molar refractivity (Wildman–Crippen MR) is 103 cm³/mol. The lowest BCUT2D eigenvalue weighted by Gasteiger charge is -2.23. The summed E-state index contributed by atoms with van der Waals surface area (Å²) in [4.78, 5) is 30.3. The van der Waals surface area contributed by atoms with Crippen LogP contribution in [0.3, 0.4) is 0 Å². The van der Waals surface area contributed by atoms with E-state index in [1.165, 1.54) is 18.2 Å². The van der Waals surface area contributed by atoms with Crippen molar-refractivity contribution in [2.45, 2.75) is 44.8 Å². The van der Waals surface area contributed by atoms with Crippen molar-refractivity contribution >= 4 is 17.0 Å². The first kappa shape index (κ1) is 18.4. The zero-order valence-corrected chi connectivity index (χ0v) is 15.6. The van der Waals surface area contributed by atoms with Gasteiger partial charge < -0.3 is 19.5 Å². The average Bonchev–Trinajstić information content (AvgIpc) is 3.05. The van der Waals surface area contributed by atoms with Crippen molar-refractivity contribution in [1.29, 1.82) is 0 Å². The summed E-state index contributed by atoms with van der Waals surface area (Å²) in [6, 6.07) is 7.63. The Morgan fingerprint density at radius 1 is 1.32 bits per heavy atom. The molecule has 0 spiro atoms. The SMILES string of the molecule is CC[C@@H]1C[C@@H](O)CN1C(=O)CCc1cc2nc3ccc(=O)cc-3oc2cc1O. The van der Waals surface area contributed by atoms with Crippen LogP contribution in [0.5, 0.6) is 5.75 Å². The Balaban J connectivity index is 1.57. The van der Waals surface area contributed by atoms with Crippen LogP contribution in [0, 0.1) is 0 Å². The zero-order chi connectivity index (χ0) is 19.8. The van der Waals surface area contributed by atoms with Crippen molar-refractivity contribution in [2.24, 2.45) is 0 Å². The van der Waals surface area contributed by atoms with Gasteiger partial charge in [-0.1, -0.05) is 6.92 Å². The van der Waals surface area contributed by atoms with Crippen molar-refractivity contribution < 1.29 is 19.4 Å². The maximum absolute atomic E-state index is 12.6. The van der Waals surface area contributed by atoms with Gasteiger partial charge in [0.05, 0.1) is 6.10 Å². The van der Waals surface area contributed by atoms with Gasteiger partial charge in [-0.2, -0.15) is 0 Å². The minimum absolute atomic E-state index is 0.0250. The van der Waals surface area contributed by atoms with Crippen molar-refractivity contribution in [3.63, 3.8) is 0 Å². The summed E-state index contributed by atoms with van der Waals surface area (Å²) in [6.07, 6.45) is 1.58. The molecular formula is C21H22N2O5. The summed E-state index contributed by atoms with van der Waals surface area (Å²) in [7, 11) is 0. The van der Waals surface area contributed by atoms with E-state index in [0.717, 1.165) is 6.42 Å². The number of carbonyl (C=O) groups excluding carboxylic acids is 1. The van der Waals surface area contributed by atoms with Gasteiger partial charge in [0.2, 0.25) is 5.91 Å². The molecule has 2 heterocycles. The number of aliphatic hydroxyl groups is 1. The first-order chi connectivity index (χ1) is 13.4. The molecule has 0 radical (unpaired) electrons. The van der Waals surface area contributed by atoms with Gasteiger partial charge in [0.25, 0.3) is 0 Å². The summed E-state index contributed by atoms with van der Waals surface area (Å²) in [5, 5.41) is 20.2. The molecule has 1 aromatic rings. The lowest BCUT2D eigenvalue weighted by Crippen LogP contribution is -2.35. The minimum atomic E-state index is -0.461. The molecule has 1 amide bonds. The topological polar surface area (TPSA) is 104 Å². The Labute approximate surface area is 161 Å². The molecule has 0 saturated carbocycles. The number of benzene rings is 2. The third-order valence-corrected chi connectivity index (χ3v) is 5.34. The van der Waals surface area contributed by atoms with Crippen molar-refractivity contribution in [1.82, 2.24) is 9.88 Å². The maximum atomic E-state index is 12.6. The number of fused-ring (bicyclic) bond motifs is 2. The van der Waals surface area contributed by atoms with Gasteiger partial charge in [0.15, 0.2) is 16.8 Å². The molecule has 2 aliphatic heterocycles. The fourth-order valence-corrected chi connectivity index (χ4v) is 3.86. The van der Waals surface area contributed by atoms with Crippen LogP contribution in [0.25, 0.3) is 22.6 Å². The van der Waals surface area contributed by atoms with Crippen LogP contribution in [0.1, 0.15) is 31.7 Å². The lowest BCUT2D eigenvalue weighted by atomic mass is 10.1. The molecule has 2 N–H and O–H groups in total. The third kappa shape index (κ3) is 3.45. The molecule has 7 nitrogen and oxygen atoms in total. The fraction of sp³-hybridized carbons (Fsp3) is 0.381. The largest absolute Gasteiger partial charge is 0.508 e. The number of hydrogen-bond acceptors (Lipinski definition) is 6. The highest BCUT2D eigenvalue weighted by molar-refractivity contribution is 5.80. The van der Waals surface area contributed by atoms with E-state index < -0.39 is 6.10 Å². The molecule has 1 aliphatic carbocycles. The molecule has 0 bridgehead atoms. The molecular weight excluding hydrogens is 360 g/mol. The second-order valence-electron chi connectivity index (χ2n) is 7.29. The molecule has 146 valence electrons. The van der Waals surface area contributed by atoms with E-state index in [-0.39, 0.29) is 29.5 Å². The normalized spacial score (nSPS) is 19.6. The van der Waals surface area contributed by atoms with Gasteiger partial charge >= 0.3 is 0 Å². The number of hydrogen-bond donors (Lipinski definition) is 2. The Kier molecular flexibility index (Phi) is 4.77. The van der Waals surface area contributed by atoms with Crippen molar-refractivity contribution in [3.05, 3.63) is 46.1 Å². The van der Waals surface area contributed by atoms with Crippen LogP contribution in [0.2, 0.25) is 0 Å². The third-order valence-electron chi connectivity index (χ3n) is 5.34. The average molecular weight is 382 g/mol. The van der Waals surface area contributed by atoms with Gasteiger partial charge in [-0.3, -0.25) is 9.59 Å². The molecule has 0 unspecified atom stereocenters. The highest BCUT2D eigenvalue weighted by Gasteiger charge is 2.32. The quantitative estimate of drug-likeness (QED) is 0.671. The molecule has 2 atom stereocenters. The van der Waals surface area contributed by atoms with Crippen LogP contribution < -0.4 is 5.43 Å². The summed E-state index contributed by atoms with van der Waals surface area (Å²) < 4.78 is 5.68. The van der Waals surface area contributed by atoms with E-state index in [9.17, 15) is 19.8 Å². The Morgan fingerprint density at radius 3 is 2.93 bits per heavy atom. The molecule has 1 fully saturated rings. The predicted octanol–water partition coefficient (Wildman–Crippen LogP) is 2.30. The fourth-order valence-electron chi connectivity index (χ4n) is 3.86. The zero-order valence-electron chi connectivity index (χ0n) is 15.6. The molecule has 3 aliphatic rings. The number of aromatic hydroxyl groups is 1. The number of likely N-dealkylation sites (tertiary alicyclic amines) is 1. The number of phenolic OH excluding ortho intramolecular Hbond substituents is 1. The highest BCUT2D eigenvalue weighted by Crippen LogP contribution is 2.30. The Hall–Kier alpha value is -2.93. The molecule has 4 rings (SSSR count). The van der Waals surface area contributed by atoms with Crippen LogP contribution in [-0.4, -0.2) is 44.7 Å². The molecule has 1 aromatic carbocycles. The van der Waals surface area contributed by atoms with E-state index in [0.29, 0.717) is 47.5 Å². The minimum Gasteiger partial charge on any atom is -0.508 e. The van der Waals surface area contributed by atoms with Crippen molar-refractivity contribution in [2.75, 3.05) is 6.54 Å². The molecule has 0 aromatic heterocycles. The number of aliphatic hydroxyl groups excluding tert-OH is 1. The monoisotopic (exact) mass is 382 g/mol. The van der Waals surface area contributed by atoms with Crippen LogP contribution >= 0.6 is 0 Å². The van der Waals surface area contributed by atoms with Gasteiger partial charge in [-0.15, -0.1) is 0 Å². The van der Waals surface area contributed by atoms with E-state index >= 15 is 0 Å². The van der Waals surface area contributed by atoms with E-state index in [4.69, 9.17) is 4.42 Å². The summed E-state index contributed by atoms with van der Waals surface area (Å²) >= 11 is 0. The molecule has 1 saturated heterocycles. The second-order valence-corrected chi connectivity index (χ2v) is 7.29. The number of nitrogens with zero attached hydrogens (tertiary/aromatic N) is 2. The van der Waals surface area contributed by atoms with Crippen LogP contribution in [-0.2, 0) is 11.2 Å². The van der Waals surface area contributed by atoms with E-state index in [1.807, 2.05) is 6.92 Å². The van der Waals surface area contributed by atoms with E-state index in [2.05, 4.69) is 4.98 Å². The lowest BCUT2D eigenvalue weighted by molar-refractivity contribution is -0.132. The number of aryl methyl sites for hydroxylation is 1. The van der Waals surface area contributed by atoms with Gasteiger partial charge in [0.1, 0.15) is 17.0 Å². The smallest absolute Gasteiger partial charge is 0.223 e. The number of carbonyl (C=O) groups is 1. The van der Waals surface area contributed by atoms with Gasteiger partial charge in [-0.05, 0) is 43.0 Å². The maximum Gasteiger partial charge on any atom is 0.223 e.